The maximum absolute atomic E-state index is 13.6. The van der Waals surface area contributed by atoms with E-state index in [1.165, 1.54) is 80.9 Å². The number of azo groups is 1. The van der Waals surface area contributed by atoms with E-state index >= 15 is 0 Å². The maximum atomic E-state index is 13.6. The lowest BCUT2D eigenvalue weighted by Crippen LogP contribution is -2.36. The molecule has 0 spiro atoms. The molecule has 24 nitrogen and oxygen atoms in total. The third-order valence-corrected chi connectivity index (χ3v) is 9.91. The number of amides is 6. The van der Waals surface area contributed by atoms with Crippen molar-refractivity contribution in [3.8, 4) is 23.5 Å². The number of nitrogens with zero attached hydrogens (tertiary/aromatic N) is 8. The standard InChI is InChI=1S/C32H36N12O12S2/c1-43(2)27(45)19-11-9-17(13-21(19)57(49,50)41-31(47)37-29-33-23(53-5)15-24(34-29)54-6)39-40-18-10-12-20(28(46)44(3)4)22(14-18)58(51,52)42-32(48)38-30-35-25(55-7)16-26(36-30)56-8/h9-16H,1-8H3,(H2,33,34,37,41,47)(H2,35,36,38,42,48). The van der Waals surface area contributed by atoms with Crippen LogP contribution in [0.3, 0.4) is 0 Å². The molecule has 0 aliphatic heterocycles. The molecule has 2 heterocycles. The van der Waals surface area contributed by atoms with Gasteiger partial charge in [0.25, 0.3) is 31.9 Å². The van der Waals surface area contributed by atoms with Crippen molar-refractivity contribution in [3.63, 3.8) is 0 Å². The number of sulfonamides is 2. The number of benzene rings is 2. The summed E-state index contributed by atoms with van der Waals surface area (Å²) in [4.78, 5) is 68.1. The van der Waals surface area contributed by atoms with Crippen molar-refractivity contribution in [3.05, 3.63) is 59.7 Å². The summed E-state index contributed by atoms with van der Waals surface area (Å²) in [5, 5.41) is 12.3. The van der Waals surface area contributed by atoms with Crippen LogP contribution in [-0.2, 0) is 20.0 Å². The number of hydrogen-bond donors (Lipinski definition) is 4. The first-order valence-electron chi connectivity index (χ1n) is 16.1. The highest BCUT2D eigenvalue weighted by atomic mass is 32.2. The van der Waals surface area contributed by atoms with Crippen LogP contribution < -0.4 is 39.0 Å². The van der Waals surface area contributed by atoms with Crippen LogP contribution in [0.5, 0.6) is 23.5 Å². The van der Waals surface area contributed by atoms with E-state index in [1.807, 2.05) is 0 Å². The van der Waals surface area contributed by atoms with Gasteiger partial charge in [0.15, 0.2) is 0 Å². The first-order chi connectivity index (χ1) is 27.3. The summed E-state index contributed by atoms with van der Waals surface area (Å²) < 4.78 is 77.9. The summed E-state index contributed by atoms with van der Waals surface area (Å²) in [5.41, 5.74) is -1.07. The summed E-state index contributed by atoms with van der Waals surface area (Å²) in [6.45, 7) is 0. The number of methoxy groups -OCH3 is 4. The van der Waals surface area contributed by atoms with Gasteiger partial charge in [0, 0.05) is 28.2 Å². The molecule has 58 heavy (non-hydrogen) atoms. The predicted octanol–water partition coefficient (Wildman–Crippen LogP) is 2.14. The highest BCUT2D eigenvalue weighted by Gasteiger charge is 2.28. The van der Waals surface area contributed by atoms with Crippen LogP contribution in [0.2, 0.25) is 0 Å². The Morgan fingerprint density at radius 2 is 0.845 bits per heavy atom. The number of nitrogens with one attached hydrogen (secondary N) is 4. The van der Waals surface area contributed by atoms with Crippen molar-refractivity contribution >= 4 is 67.2 Å². The van der Waals surface area contributed by atoms with Gasteiger partial charge in [0.2, 0.25) is 35.4 Å². The molecule has 4 rings (SSSR count). The quantitative estimate of drug-likeness (QED) is 0.132. The minimum absolute atomic E-state index is 0.00623. The SMILES string of the molecule is COc1cc(OC)nc(NC(=O)NS(=O)(=O)c2cc(N=Nc3ccc(C(=O)N(C)C)c(S(=O)(=O)NC(=O)Nc4nc(OC)cc(OC)n4)c3)ccc2C(=O)N(C)C)n1. The molecule has 6 amide bonds. The number of aromatic nitrogens is 4. The lowest BCUT2D eigenvalue weighted by atomic mass is 10.2. The molecule has 0 unspecified atom stereocenters. The van der Waals surface area contributed by atoms with Crippen molar-refractivity contribution in [1.82, 2.24) is 39.2 Å². The zero-order chi connectivity index (χ0) is 42.9. The Labute approximate surface area is 331 Å². The minimum atomic E-state index is -4.84. The predicted molar refractivity (Wildman–Crippen MR) is 202 cm³/mol. The van der Waals surface area contributed by atoms with Gasteiger partial charge in [-0.15, -0.1) is 0 Å². The Kier molecular flexibility index (Phi) is 13.6. The van der Waals surface area contributed by atoms with E-state index in [9.17, 15) is 36.0 Å². The fourth-order valence-corrected chi connectivity index (χ4v) is 6.74. The molecule has 26 heteroatoms. The van der Waals surface area contributed by atoms with Crippen LogP contribution in [0.25, 0.3) is 0 Å². The molecular weight excluding hydrogens is 809 g/mol. The van der Waals surface area contributed by atoms with E-state index < -0.39 is 53.7 Å². The molecule has 0 aliphatic rings. The third kappa shape index (κ3) is 10.8. The molecule has 308 valence electrons. The molecule has 0 bridgehead atoms. The topological polar surface area (TPSA) is 304 Å². The summed E-state index contributed by atoms with van der Waals surface area (Å²) >= 11 is 0. The molecule has 2 aromatic carbocycles. The number of ether oxygens (including phenoxy) is 4. The third-order valence-electron chi connectivity index (χ3n) is 7.16. The van der Waals surface area contributed by atoms with Crippen LogP contribution in [0.15, 0.2) is 68.6 Å². The number of carbonyl (C=O) groups excluding carboxylic acids is 4. The number of rotatable bonds is 14. The van der Waals surface area contributed by atoms with Gasteiger partial charge >= 0.3 is 12.1 Å². The number of hydrogen-bond acceptors (Lipinski definition) is 18. The number of carbonyl (C=O) groups is 4. The second-order valence-electron chi connectivity index (χ2n) is 11.6. The van der Waals surface area contributed by atoms with Gasteiger partial charge in [-0.3, -0.25) is 20.2 Å². The molecule has 0 aliphatic carbocycles. The highest BCUT2D eigenvalue weighted by molar-refractivity contribution is 7.90. The largest absolute Gasteiger partial charge is 0.481 e. The summed E-state index contributed by atoms with van der Waals surface area (Å²) in [5.74, 6) is -2.29. The molecule has 0 atom stereocenters. The first kappa shape index (κ1) is 43.5. The van der Waals surface area contributed by atoms with Gasteiger partial charge < -0.3 is 28.7 Å². The van der Waals surface area contributed by atoms with Gasteiger partial charge in [-0.1, -0.05) is 0 Å². The average molecular weight is 845 g/mol. The number of urea groups is 2. The van der Waals surface area contributed by atoms with Crippen molar-refractivity contribution < 1.29 is 55.0 Å². The minimum Gasteiger partial charge on any atom is -0.481 e. The maximum Gasteiger partial charge on any atom is 0.335 e. The average Bonchev–Trinajstić information content (AvgIpc) is 3.18. The van der Waals surface area contributed by atoms with Gasteiger partial charge in [-0.2, -0.15) is 30.2 Å². The van der Waals surface area contributed by atoms with E-state index in [0.29, 0.717) is 0 Å². The smallest absolute Gasteiger partial charge is 0.335 e. The molecule has 0 saturated heterocycles. The Morgan fingerprint density at radius 1 is 0.534 bits per heavy atom. The first-order valence-corrected chi connectivity index (χ1v) is 19.0. The zero-order valence-corrected chi connectivity index (χ0v) is 33.5. The molecule has 4 aromatic rings. The fourth-order valence-electron chi connectivity index (χ4n) is 4.49. The van der Waals surface area contributed by atoms with Crippen LogP contribution in [-0.4, -0.2) is 127 Å². The highest BCUT2D eigenvalue weighted by Crippen LogP contribution is 2.29. The van der Waals surface area contributed by atoms with E-state index in [2.05, 4.69) is 40.8 Å². The van der Waals surface area contributed by atoms with Crippen LogP contribution >= 0.6 is 0 Å². The monoisotopic (exact) mass is 844 g/mol. The second-order valence-corrected chi connectivity index (χ2v) is 14.9. The van der Waals surface area contributed by atoms with Crippen molar-refractivity contribution in [2.24, 2.45) is 10.2 Å². The van der Waals surface area contributed by atoms with Gasteiger partial charge in [-0.25, -0.2) is 35.9 Å². The van der Waals surface area contributed by atoms with Crippen molar-refractivity contribution in [1.29, 1.82) is 0 Å². The molecule has 0 radical (unpaired) electrons. The Morgan fingerprint density at radius 3 is 1.12 bits per heavy atom. The summed E-state index contributed by atoms with van der Waals surface area (Å²) in [6, 6.07) is 6.58. The van der Waals surface area contributed by atoms with Crippen molar-refractivity contribution in [2.75, 3.05) is 67.3 Å². The molecular formula is C32H36N12O12S2. The fraction of sp³-hybridized carbons (Fsp3) is 0.250. The van der Waals surface area contributed by atoms with Crippen LogP contribution in [0.1, 0.15) is 20.7 Å². The molecule has 2 aromatic heterocycles. The summed E-state index contributed by atoms with van der Waals surface area (Å²) in [7, 11) is 1.00. The molecule has 0 saturated carbocycles. The Hall–Kier alpha value is -7.22. The number of anilines is 2. The van der Waals surface area contributed by atoms with Gasteiger partial charge in [0.1, 0.15) is 9.79 Å². The lowest BCUT2D eigenvalue weighted by molar-refractivity contribution is 0.0817. The van der Waals surface area contributed by atoms with E-state index in [4.69, 9.17) is 18.9 Å². The molecule has 0 fully saturated rings. The van der Waals surface area contributed by atoms with E-state index in [0.717, 1.165) is 34.1 Å². The van der Waals surface area contributed by atoms with Crippen LogP contribution in [0, 0.1) is 0 Å². The molecule has 4 N–H and O–H groups in total. The van der Waals surface area contributed by atoms with Gasteiger partial charge in [0.05, 0.1) is 63.1 Å². The van der Waals surface area contributed by atoms with E-state index in [1.54, 1.807) is 9.44 Å². The van der Waals surface area contributed by atoms with Gasteiger partial charge in [-0.05, 0) is 36.4 Å². The van der Waals surface area contributed by atoms with E-state index in [-0.39, 0.29) is 57.9 Å². The van der Waals surface area contributed by atoms with Crippen molar-refractivity contribution in [2.45, 2.75) is 9.79 Å². The summed E-state index contributed by atoms with van der Waals surface area (Å²) in [6.07, 6.45) is 0. The Balaban J connectivity index is 1.68. The Bertz CT molecular complexity index is 2280. The van der Waals surface area contributed by atoms with Crippen LogP contribution in [0.4, 0.5) is 32.9 Å². The normalized spacial score (nSPS) is 11.2. The zero-order valence-electron chi connectivity index (χ0n) is 31.9. The second kappa shape index (κ2) is 18.2. The lowest BCUT2D eigenvalue weighted by Gasteiger charge is -2.16.